The van der Waals surface area contributed by atoms with Crippen molar-refractivity contribution in [3.63, 3.8) is 0 Å². The second kappa shape index (κ2) is 9.78. The molecule has 3 nitrogen and oxygen atoms in total. The molecule has 0 aromatic heterocycles. The lowest BCUT2D eigenvalue weighted by Crippen LogP contribution is -2.21. The van der Waals surface area contributed by atoms with Crippen LogP contribution in [0.25, 0.3) is 0 Å². The Kier molecular flexibility index (Phi) is 8.31. The molecule has 1 aromatic rings. The van der Waals surface area contributed by atoms with Crippen LogP contribution in [-0.2, 0) is 4.74 Å². The molecule has 0 aliphatic carbocycles. The van der Waals surface area contributed by atoms with Crippen molar-refractivity contribution in [2.45, 2.75) is 39.2 Å². The van der Waals surface area contributed by atoms with Crippen molar-refractivity contribution >= 4 is 5.69 Å². The number of nitrogens with one attached hydrogen (secondary N) is 1. The smallest absolute Gasteiger partial charge is 0.0478 e. The fraction of sp³-hybridized carbons (Fsp3) is 0.647. The Morgan fingerprint density at radius 1 is 1.10 bits per heavy atom. The van der Waals surface area contributed by atoms with Crippen molar-refractivity contribution in [2.75, 3.05) is 38.8 Å². The van der Waals surface area contributed by atoms with E-state index in [-0.39, 0.29) is 0 Å². The first kappa shape index (κ1) is 17.0. The summed E-state index contributed by atoms with van der Waals surface area (Å²) >= 11 is 0. The summed E-state index contributed by atoms with van der Waals surface area (Å²) in [6, 6.07) is 9.12. The van der Waals surface area contributed by atoms with Crippen LogP contribution in [-0.4, -0.2) is 33.9 Å². The number of anilines is 1. The van der Waals surface area contributed by atoms with Gasteiger partial charge in [-0.3, -0.25) is 0 Å². The van der Waals surface area contributed by atoms with Crippen molar-refractivity contribution in [3.05, 3.63) is 29.8 Å². The summed E-state index contributed by atoms with van der Waals surface area (Å²) < 4.78 is 5.56. The third-order valence-corrected chi connectivity index (χ3v) is 3.47. The van der Waals surface area contributed by atoms with Crippen LogP contribution in [0.4, 0.5) is 5.69 Å². The number of rotatable bonds is 10. The van der Waals surface area contributed by atoms with Gasteiger partial charge in [-0.1, -0.05) is 25.5 Å². The molecule has 1 unspecified atom stereocenters. The molecule has 0 aliphatic rings. The highest BCUT2D eigenvalue weighted by Gasteiger charge is 2.04. The van der Waals surface area contributed by atoms with Gasteiger partial charge in [0.05, 0.1) is 0 Å². The van der Waals surface area contributed by atoms with Gasteiger partial charge in [-0.25, -0.2) is 0 Å². The number of ether oxygens (including phenoxy) is 1. The zero-order valence-corrected chi connectivity index (χ0v) is 13.5. The van der Waals surface area contributed by atoms with Crippen LogP contribution >= 0.6 is 0 Å². The third kappa shape index (κ3) is 6.40. The Morgan fingerprint density at radius 3 is 2.35 bits per heavy atom. The largest absolute Gasteiger partial charge is 0.381 e. The van der Waals surface area contributed by atoms with Gasteiger partial charge in [-0.15, -0.1) is 0 Å². The van der Waals surface area contributed by atoms with E-state index in [4.69, 9.17) is 4.74 Å². The van der Waals surface area contributed by atoms with Crippen molar-refractivity contribution in [1.29, 1.82) is 0 Å². The van der Waals surface area contributed by atoms with Crippen LogP contribution in [0.3, 0.4) is 0 Å². The number of benzene rings is 1. The lowest BCUT2D eigenvalue weighted by atomic mass is 10.1. The van der Waals surface area contributed by atoms with Gasteiger partial charge in [0.15, 0.2) is 0 Å². The highest BCUT2D eigenvalue weighted by atomic mass is 16.5. The van der Waals surface area contributed by atoms with Gasteiger partial charge in [-0.2, -0.15) is 0 Å². The second-order valence-corrected chi connectivity index (χ2v) is 5.48. The molecular formula is C17H30N2O. The first-order valence-electron chi connectivity index (χ1n) is 7.73. The fourth-order valence-electron chi connectivity index (χ4n) is 2.02. The average Bonchev–Trinajstić information content (AvgIpc) is 2.46. The highest BCUT2D eigenvalue weighted by molar-refractivity contribution is 5.46. The minimum absolute atomic E-state index is 0.391. The molecule has 20 heavy (non-hydrogen) atoms. The van der Waals surface area contributed by atoms with Gasteiger partial charge in [0.1, 0.15) is 0 Å². The summed E-state index contributed by atoms with van der Waals surface area (Å²) in [4.78, 5) is 2.12. The van der Waals surface area contributed by atoms with Crippen molar-refractivity contribution in [1.82, 2.24) is 5.32 Å². The molecule has 1 N–H and O–H groups in total. The van der Waals surface area contributed by atoms with Gasteiger partial charge in [-0.05, 0) is 44.0 Å². The second-order valence-electron chi connectivity index (χ2n) is 5.48. The van der Waals surface area contributed by atoms with E-state index in [2.05, 4.69) is 62.4 Å². The monoisotopic (exact) mass is 278 g/mol. The Hall–Kier alpha value is -1.06. The Morgan fingerprint density at radius 2 is 1.75 bits per heavy atom. The Balaban J connectivity index is 2.20. The third-order valence-electron chi connectivity index (χ3n) is 3.47. The molecule has 0 aliphatic heterocycles. The zero-order valence-electron chi connectivity index (χ0n) is 13.5. The molecule has 1 rings (SSSR count). The van der Waals surface area contributed by atoms with Crippen LogP contribution < -0.4 is 10.2 Å². The molecule has 0 saturated heterocycles. The summed E-state index contributed by atoms with van der Waals surface area (Å²) in [5.74, 6) is 0. The van der Waals surface area contributed by atoms with E-state index in [1.807, 2.05) is 0 Å². The molecule has 1 atom stereocenters. The van der Waals surface area contributed by atoms with Crippen LogP contribution in [0.1, 0.15) is 44.7 Å². The topological polar surface area (TPSA) is 24.5 Å². The van der Waals surface area contributed by atoms with E-state index in [1.165, 1.54) is 24.1 Å². The summed E-state index contributed by atoms with van der Waals surface area (Å²) in [5, 5.41) is 3.54. The minimum atomic E-state index is 0.391. The van der Waals surface area contributed by atoms with E-state index in [9.17, 15) is 0 Å². The van der Waals surface area contributed by atoms with Gasteiger partial charge in [0.2, 0.25) is 0 Å². The highest BCUT2D eigenvalue weighted by Crippen LogP contribution is 2.17. The van der Waals surface area contributed by atoms with Crippen LogP contribution in [0.15, 0.2) is 24.3 Å². The lowest BCUT2D eigenvalue weighted by molar-refractivity contribution is 0.128. The van der Waals surface area contributed by atoms with Gasteiger partial charge in [0.25, 0.3) is 0 Å². The molecule has 0 fully saturated rings. The van der Waals surface area contributed by atoms with Gasteiger partial charge in [0, 0.05) is 39.0 Å². The SMILES string of the molecule is CCCCOCCCNC(C)c1ccc(N(C)C)cc1. The lowest BCUT2D eigenvalue weighted by Gasteiger charge is -2.17. The molecule has 0 amide bonds. The van der Waals surface area contributed by atoms with Crippen LogP contribution in [0.5, 0.6) is 0 Å². The van der Waals surface area contributed by atoms with E-state index in [0.717, 1.165) is 26.2 Å². The van der Waals surface area contributed by atoms with Crippen molar-refractivity contribution in [2.24, 2.45) is 0 Å². The van der Waals surface area contributed by atoms with Crippen LogP contribution in [0.2, 0.25) is 0 Å². The molecule has 0 bridgehead atoms. The predicted molar refractivity (Wildman–Crippen MR) is 87.5 cm³/mol. The summed E-state index contributed by atoms with van der Waals surface area (Å²) in [7, 11) is 4.13. The summed E-state index contributed by atoms with van der Waals surface area (Å²) in [6.07, 6.45) is 3.45. The maximum Gasteiger partial charge on any atom is 0.0478 e. The minimum Gasteiger partial charge on any atom is -0.381 e. The molecule has 3 heteroatoms. The van der Waals surface area contributed by atoms with E-state index in [0.29, 0.717) is 6.04 Å². The van der Waals surface area contributed by atoms with E-state index < -0.39 is 0 Å². The fourth-order valence-corrected chi connectivity index (χ4v) is 2.02. The molecule has 1 aromatic carbocycles. The Labute approximate surface area is 124 Å². The quantitative estimate of drug-likeness (QED) is 0.662. The molecule has 0 radical (unpaired) electrons. The molecule has 0 saturated carbocycles. The average molecular weight is 278 g/mol. The molecule has 0 spiro atoms. The van der Waals surface area contributed by atoms with Crippen molar-refractivity contribution < 1.29 is 4.74 Å². The summed E-state index contributed by atoms with van der Waals surface area (Å²) in [5.41, 5.74) is 2.58. The Bertz CT molecular complexity index is 349. The molecule has 114 valence electrons. The number of hydrogen-bond donors (Lipinski definition) is 1. The first-order chi connectivity index (χ1) is 9.65. The number of hydrogen-bond acceptors (Lipinski definition) is 3. The standard InChI is InChI=1S/C17H30N2O/c1-5-6-13-20-14-7-12-18-15(2)16-8-10-17(11-9-16)19(3)4/h8-11,15,18H,5-7,12-14H2,1-4H3. The normalized spacial score (nSPS) is 12.4. The maximum absolute atomic E-state index is 5.56. The first-order valence-corrected chi connectivity index (χ1v) is 7.73. The van der Waals surface area contributed by atoms with Crippen LogP contribution in [0, 0.1) is 0 Å². The van der Waals surface area contributed by atoms with E-state index >= 15 is 0 Å². The van der Waals surface area contributed by atoms with Gasteiger partial charge >= 0.3 is 0 Å². The maximum atomic E-state index is 5.56. The van der Waals surface area contributed by atoms with Gasteiger partial charge < -0.3 is 15.0 Å². The molecule has 0 heterocycles. The van der Waals surface area contributed by atoms with Crippen molar-refractivity contribution in [3.8, 4) is 0 Å². The number of unbranched alkanes of at least 4 members (excludes halogenated alkanes) is 1. The number of nitrogens with zero attached hydrogens (tertiary/aromatic N) is 1. The van der Waals surface area contributed by atoms with E-state index in [1.54, 1.807) is 0 Å². The molecular weight excluding hydrogens is 248 g/mol. The summed E-state index contributed by atoms with van der Waals surface area (Å²) in [6.45, 7) is 7.16. The predicted octanol–water partition coefficient (Wildman–Crippen LogP) is 3.61. The zero-order chi connectivity index (χ0) is 14.8.